The Kier molecular flexibility index (Phi) is 7.80. The third-order valence-electron chi connectivity index (χ3n) is 6.00. The van der Waals surface area contributed by atoms with E-state index in [1.165, 1.54) is 31.2 Å². The molecule has 0 radical (unpaired) electrons. The van der Waals surface area contributed by atoms with Gasteiger partial charge in [-0.15, -0.1) is 0 Å². The zero-order valence-electron chi connectivity index (χ0n) is 17.9. The van der Waals surface area contributed by atoms with Crippen molar-refractivity contribution in [2.75, 3.05) is 6.54 Å². The van der Waals surface area contributed by atoms with Crippen LogP contribution in [0.25, 0.3) is 0 Å². The molecule has 0 bridgehead atoms. The number of alkyl halides is 2. The quantitative estimate of drug-likeness (QED) is 0.569. The first kappa shape index (κ1) is 23.7. The Morgan fingerprint density at radius 3 is 2.53 bits per heavy atom. The van der Waals surface area contributed by atoms with Crippen LogP contribution in [0.3, 0.4) is 0 Å². The smallest absolute Gasteiger partial charge is 0.387 e. The van der Waals surface area contributed by atoms with Crippen molar-refractivity contribution in [1.29, 1.82) is 0 Å². The summed E-state index contributed by atoms with van der Waals surface area (Å²) in [7, 11) is 0. The predicted octanol–water partition coefficient (Wildman–Crippen LogP) is 3.40. The third-order valence-corrected chi connectivity index (χ3v) is 6.00. The largest absolute Gasteiger partial charge is 0.435 e. The molecular weight excluding hydrogens is 418 g/mol. The number of aliphatic hydroxyl groups is 1. The summed E-state index contributed by atoms with van der Waals surface area (Å²) in [5, 5.41) is 16.3. The lowest BCUT2D eigenvalue weighted by atomic mass is 9.74. The summed E-state index contributed by atoms with van der Waals surface area (Å²) in [4.78, 5) is 24.3. The van der Waals surface area contributed by atoms with Gasteiger partial charge >= 0.3 is 6.61 Å². The lowest BCUT2D eigenvalue weighted by Crippen LogP contribution is -2.42. The average molecular weight is 446 g/mol. The Hall–Kier alpha value is -3.00. The summed E-state index contributed by atoms with van der Waals surface area (Å²) in [6, 6.07) is 15.1. The highest BCUT2D eigenvalue weighted by molar-refractivity contribution is 5.94. The van der Waals surface area contributed by atoms with Crippen molar-refractivity contribution < 1.29 is 28.2 Å². The maximum atomic E-state index is 12.8. The second kappa shape index (κ2) is 10.5. The van der Waals surface area contributed by atoms with Crippen LogP contribution in [0.2, 0.25) is 0 Å². The summed E-state index contributed by atoms with van der Waals surface area (Å²) in [5.41, 5.74) is 0.809. The van der Waals surface area contributed by atoms with Gasteiger partial charge in [0.25, 0.3) is 5.91 Å². The van der Waals surface area contributed by atoms with E-state index in [2.05, 4.69) is 15.4 Å². The van der Waals surface area contributed by atoms with Crippen molar-refractivity contribution in [3.63, 3.8) is 0 Å². The Morgan fingerprint density at radius 1 is 1.12 bits per heavy atom. The van der Waals surface area contributed by atoms with Gasteiger partial charge in [-0.3, -0.25) is 9.59 Å². The van der Waals surface area contributed by atoms with Gasteiger partial charge < -0.3 is 20.5 Å². The number of benzene rings is 2. The number of amides is 2. The molecule has 0 spiro atoms. The first-order valence-corrected chi connectivity index (χ1v) is 10.6. The Labute approximate surface area is 186 Å². The minimum Gasteiger partial charge on any atom is -0.435 e. The van der Waals surface area contributed by atoms with E-state index in [4.69, 9.17) is 0 Å². The summed E-state index contributed by atoms with van der Waals surface area (Å²) >= 11 is 0. The number of rotatable bonds is 7. The van der Waals surface area contributed by atoms with Gasteiger partial charge in [-0.2, -0.15) is 8.78 Å². The predicted molar refractivity (Wildman–Crippen MR) is 116 cm³/mol. The molecule has 6 nitrogen and oxygen atoms in total. The number of aliphatic hydroxyl groups excluding tert-OH is 1. The van der Waals surface area contributed by atoms with E-state index in [-0.39, 0.29) is 23.3 Å². The van der Waals surface area contributed by atoms with Crippen LogP contribution in [0.5, 0.6) is 5.75 Å². The molecule has 1 aliphatic rings. The van der Waals surface area contributed by atoms with Crippen LogP contribution < -0.4 is 15.4 Å². The van der Waals surface area contributed by atoms with E-state index in [0.29, 0.717) is 32.2 Å². The monoisotopic (exact) mass is 446 g/mol. The zero-order valence-corrected chi connectivity index (χ0v) is 17.9. The van der Waals surface area contributed by atoms with E-state index < -0.39 is 24.0 Å². The fourth-order valence-electron chi connectivity index (χ4n) is 4.33. The second-order valence-corrected chi connectivity index (χ2v) is 8.19. The molecule has 0 heterocycles. The van der Waals surface area contributed by atoms with Crippen LogP contribution >= 0.6 is 0 Å². The Balaban J connectivity index is 1.79. The van der Waals surface area contributed by atoms with Gasteiger partial charge in [0.1, 0.15) is 5.75 Å². The van der Waals surface area contributed by atoms with E-state index in [1.54, 1.807) is 0 Å². The third kappa shape index (κ3) is 6.03. The van der Waals surface area contributed by atoms with E-state index in [0.717, 1.165) is 5.56 Å². The van der Waals surface area contributed by atoms with Crippen molar-refractivity contribution in [3.8, 4) is 5.75 Å². The molecule has 3 atom stereocenters. The molecule has 0 aliphatic heterocycles. The van der Waals surface area contributed by atoms with Gasteiger partial charge in [0.2, 0.25) is 5.91 Å². The van der Waals surface area contributed by atoms with Gasteiger partial charge in [0, 0.05) is 24.4 Å². The number of carbonyl (C=O) groups excluding carboxylic acids is 2. The maximum Gasteiger partial charge on any atom is 0.387 e. The molecule has 0 saturated heterocycles. The summed E-state index contributed by atoms with van der Waals surface area (Å²) in [6.45, 7) is -1.24. The molecule has 3 rings (SSSR count). The highest BCUT2D eigenvalue weighted by Crippen LogP contribution is 2.38. The van der Waals surface area contributed by atoms with Crippen molar-refractivity contribution in [2.24, 2.45) is 0 Å². The summed E-state index contributed by atoms with van der Waals surface area (Å²) in [5.74, 6) is -0.676. The molecule has 2 amide bonds. The van der Waals surface area contributed by atoms with Crippen LogP contribution in [-0.4, -0.2) is 42.2 Å². The topological polar surface area (TPSA) is 87.7 Å². The lowest BCUT2D eigenvalue weighted by molar-refractivity contribution is -0.120. The summed E-state index contributed by atoms with van der Waals surface area (Å²) < 4.78 is 29.4. The molecule has 172 valence electrons. The normalized spacial score (nSPS) is 23.3. The SMILES string of the molecule is CC(=O)N[C@H]1CC[C@](CNC(=O)c2cccc(OC(F)F)c2)(c2ccccc2)CC[C@@H]1O. The van der Waals surface area contributed by atoms with Gasteiger partial charge in [-0.25, -0.2) is 0 Å². The van der Waals surface area contributed by atoms with E-state index in [9.17, 15) is 23.5 Å². The molecule has 32 heavy (non-hydrogen) atoms. The van der Waals surface area contributed by atoms with Gasteiger partial charge in [-0.1, -0.05) is 36.4 Å². The lowest BCUT2D eigenvalue weighted by Gasteiger charge is -2.34. The number of carbonyl (C=O) groups is 2. The minimum atomic E-state index is -2.97. The highest BCUT2D eigenvalue weighted by atomic mass is 19.3. The van der Waals surface area contributed by atoms with Crippen LogP contribution in [0, 0.1) is 0 Å². The van der Waals surface area contributed by atoms with Crippen LogP contribution in [0.15, 0.2) is 54.6 Å². The van der Waals surface area contributed by atoms with Gasteiger partial charge in [0.15, 0.2) is 0 Å². The maximum absolute atomic E-state index is 12.8. The molecule has 0 aromatic heterocycles. The van der Waals surface area contributed by atoms with Gasteiger partial charge in [-0.05, 0) is 49.4 Å². The fourth-order valence-corrected chi connectivity index (χ4v) is 4.33. The van der Waals surface area contributed by atoms with Crippen LogP contribution in [0.4, 0.5) is 8.78 Å². The zero-order chi connectivity index (χ0) is 23.1. The Bertz CT molecular complexity index is 925. The van der Waals surface area contributed by atoms with Crippen molar-refractivity contribution in [3.05, 3.63) is 65.7 Å². The average Bonchev–Trinajstić information content (AvgIpc) is 2.92. The molecular formula is C24H28F2N2O4. The number of halogens is 2. The van der Waals surface area contributed by atoms with Crippen molar-refractivity contribution in [2.45, 2.75) is 56.8 Å². The number of hydrogen-bond donors (Lipinski definition) is 3. The first-order chi connectivity index (χ1) is 15.3. The second-order valence-electron chi connectivity index (χ2n) is 8.19. The molecule has 2 aromatic rings. The molecule has 2 aromatic carbocycles. The Morgan fingerprint density at radius 2 is 1.84 bits per heavy atom. The molecule has 1 fully saturated rings. The van der Waals surface area contributed by atoms with Gasteiger partial charge in [0.05, 0.1) is 12.1 Å². The number of ether oxygens (including phenoxy) is 1. The highest BCUT2D eigenvalue weighted by Gasteiger charge is 2.38. The van der Waals surface area contributed by atoms with E-state index >= 15 is 0 Å². The summed E-state index contributed by atoms with van der Waals surface area (Å²) in [6.07, 6.45) is 1.61. The van der Waals surface area contributed by atoms with Crippen LogP contribution in [-0.2, 0) is 10.2 Å². The van der Waals surface area contributed by atoms with Crippen molar-refractivity contribution in [1.82, 2.24) is 10.6 Å². The molecule has 0 unspecified atom stereocenters. The molecule has 1 saturated carbocycles. The molecule has 8 heteroatoms. The molecule has 3 N–H and O–H groups in total. The van der Waals surface area contributed by atoms with E-state index in [1.807, 2.05) is 30.3 Å². The van der Waals surface area contributed by atoms with Crippen molar-refractivity contribution >= 4 is 11.8 Å². The first-order valence-electron chi connectivity index (χ1n) is 10.6. The minimum absolute atomic E-state index is 0.0823. The standard InChI is InChI=1S/C24H28F2N2O4/c1-16(29)28-20-10-12-24(13-11-21(20)30,18-7-3-2-4-8-18)15-27-22(31)17-6-5-9-19(14-17)32-23(25)26/h2-9,14,20-21,23,30H,10-13,15H2,1H3,(H,27,31)(H,28,29)/t20-,21-,24-/m0/s1. The number of nitrogens with one attached hydrogen (secondary N) is 2. The van der Waals surface area contributed by atoms with Crippen LogP contribution in [0.1, 0.15) is 48.5 Å². The fraction of sp³-hybridized carbons (Fsp3) is 0.417. The molecule has 1 aliphatic carbocycles. The number of hydrogen-bond acceptors (Lipinski definition) is 4.